The predicted molar refractivity (Wildman–Crippen MR) is 171 cm³/mol. The van der Waals surface area contributed by atoms with Crippen LogP contribution in [0.1, 0.15) is 68.3 Å². The first-order valence-electron chi connectivity index (χ1n) is 15.2. The van der Waals surface area contributed by atoms with Crippen molar-refractivity contribution in [2.45, 2.75) is 65.1 Å². The van der Waals surface area contributed by atoms with Gasteiger partial charge in [0.15, 0.2) is 5.65 Å². The molecule has 4 aromatic heterocycles. The molecule has 1 aliphatic heterocycles. The summed E-state index contributed by atoms with van der Waals surface area (Å²) in [6.07, 6.45) is 6.82. The van der Waals surface area contributed by atoms with E-state index >= 15 is 0 Å². The highest BCUT2D eigenvalue weighted by Crippen LogP contribution is 2.29. The Bertz CT molecular complexity index is 1770. The van der Waals surface area contributed by atoms with Crippen molar-refractivity contribution in [1.29, 1.82) is 0 Å². The lowest BCUT2D eigenvalue weighted by atomic mass is 10.0. The number of hydrogen-bond acceptors (Lipinski definition) is 5. The van der Waals surface area contributed by atoms with Crippen LogP contribution < -0.4 is 0 Å². The first-order chi connectivity index (χ1) is 20.8. The molecular formula is C34H38ClFN6O. The molecule has 0 spiro atoms. The number of hydrogen-bond donors (Lipinski definition) is 1. The molecule has 0 radical (unpaired) electrons. The normalized spacial score (nSPS) is 15.4. The fourth-order valence-corrected chi connectivity index (χ4v) is 6.45. The van der Waals surface area contributed by atoms with Crippen molar-refractivity contribution in [2.24, 2.45) is 5.92 Å². The molecule has 0 unspecified atom stereocenters. The highest BCUT2D eigenvalue weighted by molar-refractivity contribution is 6.30. The Hall–Kier alpha value is -3.75. The molecule has 1 atom stereocenters. The molecule has 1 aliphatic rings. The molecule has 5 aromatic rings. The second-order valence-electron chi connectivity index (χ2n) is 11.9. The summed E-state index contributed by atoms with van der Waals surface area (Å²) >= 11 is 5.94. The summed E-state index contributed by atoms with van der Waals surface area (Å²) < 4.78 is 19.0. The van der Waals surface area contributed by atoms with Crippen LogP contribution in [0.25, 0.3) is 28.0 Å². The average Bonchev–Trinajstić information content (AvgIpc) is 3.55. The summed E-state index contributed by atoms with van der Waals surface area (Å²) in [6.45, 7) is 11.6. The van der Waals surface area contributed by atoms with Gasteiger partial charge in [-0.15, -0.1) is 0 Å². The zero-order chi connectivity index (χ0) is 30.1. The van der Waals surface area contributed by atoms with Gasteiger partial charge in [0.1, 0.15) is 34.3 Å². The van der Waals surface area contributed by atoms with Crippen LogP contribution >= 0.6 is 11.6 Å². The van der Waals surface area contributed by atoms with Crippen LogP contribution in [0, 0.1) is 11.7 Å². The van der Waals surface area contributed by atoms with Gasteiger partial charge in [-0.1, -0.05) is 44.5 Å². The Morgan fingerprint density at radius 2 is 1.88 bits per heavy atom. The lowest BCUT2D eigenvalue weighted by molar-refractivity contribution is 0.175. The van der Waals surface area contributed by atoms with Crippen LogP contribution in [0.2, 0.25) is 5.02 Å². The number of aliphatic hydroxyl groups excluding tert-OH is 1. The third kappa shape index (κ3) is 6.31. The Morgan fingerprint density at radius 3 is 2.63 bits per heavy atom. The van der Waals surface area contributed by atoms with Crippen molar-refractivity contribution in [2.75, 3.05) is 13.1 Å². The van der Waals surface area contributed by atoms with Crippen LogP contribution in [-0.2, 0) is 19.5 Å². The fraction of sp³-hybridized carbons (Fsp3) is 0.382. The van der Waals surface area contributed by atoms with E-state index in [0.717, 1.165) is 85.6 Å². The molecule has 0 bridgehead atoms. The van der Waals surface area contributed by atoms with E-state index in [0.29, 0.717) is 34.7 Å². The van der Waals surface area contributed by atoms with Crippen molar-refractivity contribution in [3.05, 3.63) is 94.9 Å². The smallest absolute Gasteiger partial charge is 0.160 e. The second kappa shape index (κ2) is 12.5. The largest absolute Gasteiger partial charge is 0.506 e. The van der Waals surface area contributed by atoms with Gasteiger partial charge in [-0.3, -0.25) is 4.90 Å². The molecule has 1 N–H and O–H groups in total. The van der Waals surface area contributed by atoms with E-state index in [9.17, 15) is 9.50 Å². The molecule has 0 saturated carbocycles. The first-order valence-corrected chi connectivity index (χ1v) is 15.5. The number of piperidine rings is 1. The van der Waals surface area contributed by atoms with Crippen molar-refractivity contribution in [3.8, 4) is 0 Å². The molecular weight excluding hydrogens is 563 g/mol. The molecule has 5 heterocycles. The van der Waals surface area contributed by atoms with E-state index in [4.69, 9.17) is 26.6 Å². The van der Waals surface area contributed by atoms with Crippen LogP contribution in [0.3, 0.4) is 0 Å². The molecule has 6 rings (SSSR count). The van der Waals surface area contributed by atoms with Crippen molar-refractivity contribution < 1.29 is 9.50 Å². The Morgan fingerprint density at radius 1 is 1.07 bits per heavy atom. The number of halogens is 2. The number of rotatable bonds is 10. The van der Waals surface area contributed by atoms with E-state index in [2.05, 4.69) is 52.8 Å². The monoisotopic (exact) mass is 600 g/mol. The fourth-order valence-electron chi connectivity index (χ4n) is 6.29. The van der Waals surface area contributed by atoms with Gasteiger partial charge in [0, 0.05) is 54.4 Å². The Labute approximate surface area is 256 Å². The van der Waals surface area contributed by atoms with Gasteiger partial charge >= 0.3 is 0 Å². The van der Waals surface area contributed by atoms with Crippen LogP contribution in [-0.4, -0.2) is 47.2 Å². The topological polar surface area (TPSA) is 72.0 Å². The average molecular weight is 601 g/mol. The summed E-state index contributed by atoms with van der Waals surface area (Å²) in [7, 11) is 0. The highest BCUT2D eigenvalue weighted by Gasteiger charge is 2.24. The van der Waals surface area contributed by atoms with Crippen LogP contribution in [0.5, 0.6) is 0 Å². The zero-order valence-electron chi connectivity index (χ0n) is 24.8. The maximum Gasteiger partial charge on any atom is 0.160 e. The Balaban J connectivity index is 1.18. The van der Waals surface area contributed by atoms with E-state index in [-0.39, 0.29) is 11.6 Å². The number of aliphatic hydroxyl groups is 1. The summed E-state index contributed by atoms with van der Waals surface area (Å²) in [5, 5.41) is 11.4. The van der Waals surface area contributed by atoms with Crippen molar-refractivity contribution >= 4 is 39.6 Å². The molecule has 9 heteroatoms. The molecule has 224 valence electrons. The van der Waals surface area contributed by atoms with Gasteiger partial charge in [-0.2, -0.15) is 0 Å². The molecule has 1 fully saturated rings. The minimum atomic E-state index is -0.305. The second-order valence-corrected chi connectivity index (χ2v) is 12.3. The van der Waals surface area contributed by atoms with Gasteiger partial charge in [0.2, 0.25) is 0 Å². The lowest BCUT2D eigenvalue weighted by Gasteiger charge is -2.33. The number of fused-ring (bicyclic) bond motifs is 2. The standard InChI is InChI=1S/C34H38ClFN6O/c1-4-5-22(2)20-42-32(38-31-11-10-30(23(3)43)39-34(31)42)21-40-15-13-28(14-16-40)41-17-12-24-7-9-27(37-33(24)41)18-25-6-8-26(35)19-29(25)36/h6-12,17,19,22,28,43H,3-5,13-16,18,20-21H2,1-2H3/t22-/m0/s1. The molecule has 43 heavy (non-hydrogen) atoms. The van der Waals surface area contributed by atoms with Crippen molar-refractivity contribution in [3.63, 3.8) is 0 Å². The molecule has 7 nitrogen and oxygen atoms in total. The van der Waals surface area contributed by atoms with Gasteiger partial charge in [0.25, 0.3) is 0 Å². The summed E-state index contributed by atoms with van der Waals surface area (Å²) in [5.41, 5.74) is 4.51. The predicted octanol–water partition coefficient (Wildman–Crippen LogP) is 7.97. The SMILES string of the molecule is C=C(O)c1ccc2nc(CN3CCC(n4ccc5ccc(Cc6ccc(Cl)cc6F)nc54)CC3)n(C[C@@H](C)CCC)c2n1. The minimum Gasteiger partial charge on any atom is -0.506 e. The maximum atomic E-state index is 14.4. The van der Waals surface area contributed by atoms with E-state index in [1.54, 1.807) is 18.2 Å². The van der Waals surface area contributed by atoms with Gasteiger partial charge < -0.3 is 14.2 Å². The van der Waals surface area contributed by atoms with E-state index in [1.165, 1.54) is 6.07 Å². The zero-order valence-corrected chi connectivity index (χ0v) is 25.6. The third-order valence-corrected chi connectivity index (χ3v) is 8.80. The number of likely N-dealkylation sites (tertiary alicyclic amines) is 1. The first kappa shape index (κ1) is 29.3. The third-order valence-electron chi connectivity index (χ3n) is 8.57. The van der Waals surface area contributed by atoms with Crippen molar-refractivity contribution in [1.82, 2.24) is 29.0 Å². The highest BCUT2D eigenvalue weighted by atomic mass is 35.5. The summed E-state index contributed by atoms with van der Waals surface area (Å²) in [4.78, 5) is 17.1. The quantitative estimate of drug-likeness (QED) is 0.165. The lowest BCUT2D eigenvalue weighted by Crippen LogP contribution is -2.35. The number of imidazole rings is 1. The number of aromatic nitrogens is 5. The minimum absolute atomic E-state index is 0.0313. The van der Waals surface area contributed by atoms with Crippen LogP contribution in [0.15, 0.2) is 61.3 Å². The molecule has 1 saturated heterocycles. The number of nitrogens with zero attached hydrogens (tertiary/aromatic N) is 6. The number of benzene rings is 1. The molecule has 0 amide bonds. The van der Waals surface area contributed by atoms with Gasteiger partial charge in [-0.05, 0) is 73.2 Å². The van der Waals surface area contributed by atoms with E-state index in [1.807, 2.05) is 12.1 Å². The summed E-state index contributed by atoms with van der Waals surface area (Å²) in [6, 6.07) is 15.0. The van der Waals surface area contributed by atoms with Gasteiger partial charge in [0.05, 0.1) is 6.54 Å². The maximum absolute atomic E-state index is 14.4. The van der Waals surface area contributed by atoms with Gasteiger partial charge in [-0.25, -0.2) is 19.3 Å². The molecule has 1 aromatic carbocycles. The summed E-state index contributed by atoms with van der Waals surface area (Å²) in [5.74, 6) is 1.17. The number of pyridine rings is 2. The molecule has 0 aliphatic carbocycles. The Kier molecular flexibility index (Phi) is 8.50. The van der Waals surface area contributed by atoms with Crippen LogP contribution in [0.4, 0.5) is 4.39 Å². The van der Waals surface area contributed by atoms with E-state index < -0.39 is 0 Å².